The molecule has 1 rings (SSSR count). The number of rotatable bonds is 8. The molecule has 0 bridgehead atoms. The van der Waals surface area contributed by atoms with Gasteiger partial charge in [0.1, 0.15) is 5.00 Å². The summed E-state index contributed by atoms with van der Waals surface area (Å²) in [6, 6.07) is 0. The average molecular weight is 395 g/mol. The van der Waals surface area contributed by atoms with Gasteiger partial charge in [0.05, 0.1) is 22.5 Å². The highest BCUT2D eigenvalue weighted by atomic mass is 32.1. The first-order chi connectivity index (χ1) is 12.6. The van der Waals surface area contributed by atoms with Crippen LogP contribution in [0.4, 0.5) is 5.00 Å². The van der Waals surface area contributed by atoms with Crippen molar-refractivity contribution in [3.05, 3.63) is 28.2 Å². The van der Waals surface area contributed by atoms with Crippen molar-refractivity contribution >= 4 is 40.1 Å². The van der Waals surface area contributed by atoms with Crippen LogP contribution in [0.2, 0.25) is 0 Å². The molecule has 0 saturated carbocycles. The van der Waals surface area contributed by atoms with E-state index in [1.54, 1.807) is 25.7 Å². The van der Waals surface area contributed by atoms with E-state index in [-0.39, 0.29) is 22.6 Å². The molecule has 0 unspecified atom stereocenters. The van der Waals surface area contributed by atoms with Crippen LogP contribution in [-0.4, -0.2) is 47.8 Å². The monoisotopic (exact) mass is 395 g/mol. The Morgan fingerprint density at radius 1 is 1.19 bits per heavy atom. The van der Waals surface area contributed by atoms with Crippen LogP contribution in [-0.2, 0) is 14.3 Å². The van der Waals surface area contributed by atoms with Gasteiger partial charge in [-0.15, -0.1) is 11.3 Å². The summed E-state index contributed by atoms with van der Waals surface area (Å²) in [5, 5.41) is 13.0. The van der Waals surface area contributed by atoms with Crippen LogP contribution in [0, 0.1) is 6.92 Å². The van der Waals surface area contributed by atoms with E-state index in [9.17, 15) is 24.3 Å². The molecular weight excluding hydrogens is 372 g/mol. The fourth-order valence-electron chi connectivity index (χ4n) is 2.28. The number of carboxylic acid groups (broad SMARTS) is 1. The molecule has 0 atom stereocenters. The van der Waals surface area contributed by atoms with Gasteiger partial charge in [-0.05, 0) is 46.3 Å². The Bertz CT molecular complexity index is 762. The zero-order chi connectivity index (χ0) is 20.7. The van der Waals surface area contributed by atoms with Gasteiger partial charge in [0.25, 0.3) is 5.91 Å². The number of hydrogen-bond donors (Lipinski definition) is 1. The average Bonchev–Trinajstić information content (AvgIpc) is 2.89. The second kappa shape index (κ2) is 9.86. The Balaban J connectivity index is 3.35. The topological polar surface area (TPSA) is 116 Å². The Labute approximate surface area is 161 Å². The highest BCUT2D eigenvalue weighted by Crippen LogP contribution is 2.34. The molecule has 8 nitrogen and oxygen atoms in total. The summed E-state index contributed by atoms with van der Waals surface area (Å²) in [6.45, 7) is 9.64. The molecule has 148 valence electrons. The predicted molar refractivity (Wildman–Crippen MR) is 99.6 cm³/mol. The molecule has 0 aliphatic carbocycles. The summed E-state index contributed by atoms with van der Waals surface area (Å²) < 4.78 is 5.21. The molecule has 1 N–H and O–H groups in total. The van der Waals surface area contributed by atoms with Crippen LogP contribution < -0.4 is 10.4 Å². The van der Waals surface area contributed by atoms with Crippen molar-refractivity contribution in [3.8, 4) is 0 Å². The number of amides is 2. The molecular formula is C18H23N2O6S-. The highest BCUT2D eigenvalue weighted by molar-refractivity contribution is 7.18. The van der Waals surface area contributed by atoms with E-state index >= 15 is 0 Å². The second-order valence-electron chi connectivity index (χ2n) is 5.83. The zero-order valence-electron chi connectivity index (χ0n) is 16.0. The number of esters is 1. The minimum Gasteiger partial charge on any atom is -0.545 e. The zero-order valence-corrected chi connectivity index (χ0v) is 16.8. The van der Waals surface area contributed by atoms with Gasteiger partial charge in [0.15, 0.2) is 0 Å². The smallest absolute Gasteiger partial charge is 0.341 e. The third-order valence-corrected chi connectivity index (χ3v) is 4.74. The molecule has 0 aliphatic rings. The maximum Gasteiger partial charge on any atom is 0.341 e. The number of carbonyl (C=O) groups excluding carboxylic acids is 4. The Hall–Kier alpha value is -2.68. The number of thiophene rings is 1. The maximum absolute atomic E-state index is 12.7. The van der Waals surface area contributed by atoms with Gasteiger partial charge in [-0.25, -0.2) is 4.79 Å². The quantitative estimate of drug-likeness (QED) is 0.525. The van der Waals surface area contributed by atoms with E-state index in [1.165, 1.54) is 0 Å². The van der Waals surface area contributed by atoms with Crippen LogP contribution in [0.25, 0.3) is 0 Å². The summed E-state index contributed by atoms with van der Waals surface area (Å²) in [7, 11) is 0. The van der Waals surface area contributed by atoms with Crippen molar-refractivity contribution in [1.29, 1.82) is 0 Å². The number of aliphatic carboxylic acids is 1. The predicted octanol–water partition coefficient (Wildman–Crippen LogP) is 1.35. The van der Waals surface area contributed by atoms with E-state index < -0.39 is 17.8 Å². The van der Waals surface area contributed by atoms with Crippen LogP contribution >= 0.6 is 11.3 Å². The van der Waals surface area contributed by atoms with Gasteiger partial charge >= 0.3 is 5.97 Å². The fourth-order valence-corrected chi connectivity index (χ4v) is 3.44. The molecule has 1 aromatic heterocycles. The molecule has 0 aliphatic heterocycles. The third-order valence-electron chi connectivity index (χ3n) is 3.55. The molecule has 0 radical (unpaired) electrons. The first-order valence-electron chi connectivity index (χ1n) is 8.45. The number of carbonyl (C=O) groups is 4. The van der Waals surface area contributed by atoms with Crippen molar-refractivity contribution in [2.24, 2.45) is 0 Å². The van der Waals surface area contributed by atoms with Crippen molar-refractivity contribution in [2.75, 3.05) is 18.4 Å². The number of nitrogens with zero attached hydrogens (tertiary/aromatic N) is 1. The molecule has 27 heavy (non-hydrogen) atoms. The first kappa shape index (κ1) is 22.4. The van der Waals surface area contributed by atoms with E-state index in [1.807, 2.05) is 13.8 Å². The lowest BCUT2D eigenvalue weighted by Crippen LogP contribution is -2.30. The molecule has 0 fully saturated rings. The third kappa shape index (κ3) is 5.92. The van der Waals surface area contributed by atoms with Crippen LogP contribution in [0.15, 0.2) is 12.2 Å². The summed E-state index contributed by atoms with van der Waals surface area (Å²) in [5.41, 5.74) is 0.487. The lowest BCUT2D eigenvalue weighted by atomic mass is 10.1. The minimum atomic E-state index is -1.52. The van der Waals surface area contributed by atoms with Gasteiger partial charge in [-0.1, -0.05) is 0 Å². The standard InChI is InChI=1S/C18H24N2O6S/c1-6-20(7-2)17(24)15-11(5)14(18(25)26-10(3)4)16(27-15)19-12(21)8-9-13(22)23/h8-10H,6-7H2,1-5H3,(H,19,21)(H,22,23)/p-1. The van der Waals surface area contributed by atoms with Gasteiger partial charge in [0.2, 0.25) is 5.91 Å². The van der Waals surface area contributed by atoms with E-state index in [0.29, 0.717) is 29.6 Å². The summed E-state index contributed by atoms with van der Waals surface area (Å²) in [6.07, 6.45) is 0.956. The van der Waals surface area contributed by atoms with Crippen molar-refractivity contribution in [2.45, 2.75) is 40.7 Å². The summed E-state index contributed by atoms with van der Waals surface area (Å²) in [4.78, 5) is 49.5. The molecule has 9 heteroatoms. The van der Waals surface area contributed by atoms with Crippen LogP contribution in [0.3, 0.4) is 0 Å². The normalized spacial score (nSPS) is 10.9. The number of ether oxygens (including phenoxy) is 1. The Morgan fingerprint density at radius 3 is 2.26 bits per heavy atom. The SMILES string of the molecule is CCN(CC)C(=O)c1sc(NC(=O)C=CC(=O)[O-])c(C(=O)OC(C)C)c1C. The maximum atomic E-state index is 12.7. The van der Waals surface area contributed by atoms with E-state index in [0.717, 1.165) is 17.4 Å². The van der Waals surface area contributed by atoms with Gasteiger partial charge in [-0.2, -0.15) is 0 Å². The van der Waals surface area contributed by atoms with Gasteiger partial charge in [-0.3, -0.25) is 9.59 Å². The number of carboxylic acids is 1. The highest BCUT2D eigenvalue weighted by Gasteiger charge is 2.28. The molecule has 0 aromatic carbocycles. The van der Waals surface area contributed by atoms with Gasteiger partial charge < -0.3 is 24.9 Å². The molecule has 0 spiro atoms. The van der Waals surface area contributed by atoms with Gasteiger partial charge in [0, 0.05) is 19.2 Å². The second-order valence-corrected chi connectivity index (χ2v) is 6.85. The first-order valence-corrected chi connectivity index (χ1v) is 9.27. The minimum absolute atomic E-state index is 0.0828. The lowest BCUT2D eigenvalue weighted by Gasteiger charge is -2.18. The summed E-state index contributed by atoms with van der Waals surface area (Å²) in [5.74, 6) is -3.21. The number of nitrogens with one attached hydrogen (secondary N) is 1. The van der Waals surface area contributed by atoms with E-state index in [4.69, 9.17) is 4.74 Å². The Morgan fingerprint density at radius 2 is 1.78 bits per heavy atom. The van der Waals surface area contributed by atoms with E-state index in [2.05, 4.69) is 5.32 Å². The fraction of sp³-hybridized carbons (Fsp3) is 0.444. The van der Waals surface area contributed by atoms with Crippen LogP contribution in [0.1, 0.15) is 53.3 Å². The number of hydrogen-bond acceptors (Lipinski definition) is 7. The summed E-state index contributed by atoms with van der Waals surface area (Å²) >= 11 is 0.950. The van der Waals surface area contributed by atoms with Crippen molar-refractivity contribution < 1.29 is 29.0 Å². The van der Waals surface area contributed by atoms with Crippen LogP contribution in [0.5, 0.6) is 0 Å². The largest absolute Gasteiger partial charge is 0.545 e. The van der Waals surface area contributed by atoms with Crippen molar-refractivity contribution in [3.63, 3.8) is 0 Å². The lowest BCUT2D eigenvalue weighted by molar-refractivity contribution is -0.297. The van der Waals surface area contributed by atoms with Crippen molar-refractivity contribution in [1.82, 2.24) is 4.90 Å². The molecule has 1 heterocycles. The molecule has 1 aromatic rings. The molecule has 2 amide bonds. The Kier molecular flexibility index (Phi) is 8.17. The molecule has 0 saturated heterocycles. The number of anilines is 1.